The summed E-state index contributed by atoms with van der Waals surface area (Å²) in [6.45, 7) is 1.96. The van der Waals surface area contributed by atoms with E-state index in [4.69, 9.17) is 10.5 Å². The Morgan fingerprint density at radius 3 is 2.60 bits per heavy atom. The molecule has 1 atom stereocenters. The average Bonchev–Trinajstić information content (AvgIpc) is 3.14. The number of ether oxygens (including phenoxy) is 1. The number of hydrogen-bond acceptors (Lipinski definition) is 7. The molecule has 0 radical (unpaired) electrons. The lowest BCUT2D eigenvalue weighted by Crippen LogP contribution is -2.25. The largest absolute Gasteiger partial charge is 0.439 e. The summed E-state index contributed by atoms with van der Waals surface area (Å²) in [5.41, 5.74) is 7.25. The Bertz CT molecular complexity index is 1080. The number of ketones is 1. The first kappa shape index (κ1) is 19.5. The Hall–Kier alpha value is -3.81. The minimum absolute atomic E-state index is 0.0807. The molecule has 0 unspecified atom stereocenters. The Morgan fingerprint density at radius 2 is 1.97 bits per heavy atom. The SMILES string of the molecule is Cc1ccc(Oc2ccc(-c3nc(N[C@H]4CCCC4=O)cc(C(N)=O)n3)cc2)nc1. The van der Waals surface area contributed by atoms with Crippen molar-refractivity contribution in [3.8, 4) is 23.0 Å². The molecule has 8 nitrogen and oxygen atoms in total. The third-order valence-electron chi connectivity index (χ3n) is 4.82. The number of nitrogens with zero attached hydrogens (tertiary/aromatic N) is 3. The van der Waals surface area contributed by atoms with Crippen LogP contribution in [0.15, 0.2) is 48.7 Å². The van der Waals surface area contributed by atoms with Gasteiger partial charge in [-0.3, -0.25) is 9.59 Å². The zero-order valence-corrected chi connectivity index (χ0v) is 16.5. The molecule has 152 valence electrons. The third-order valence-corrected chi connectivity index (χ3v) is 4.82. The number of carbonyl (C=O) groups is 2. The van der Waals surface area contributed by atoms with Gasteiger partial charge in [-0.15, -0.1) is 0 Å². The molecule has 0 aliphatic heterocycles. The topological polar surface area (TPSA) is 120 Å². The van der Waals surface area contributed by atoms with Gasteiger partial charge in [0.05, 0.1) is 6.04 Å². The molecule has 1 saturated carbocycles. The molecule has 3 N–H and O–H groups in total. The number of nitrogens with one attached hydrogen (secondary N) is 1. The van der Waals surface area contributed by atoms with Crippen molar-refractivity contribution in [2.45, 2.75) is 32.2 Å². The number of Topliss-reactive ketones (excluding diaryl/α,β-unsaturated/α-hetero) is 1. The number of benzene rings is 1. The zero-order chi connectivity index (χ0) is 21.1. The summed E-state index contributed by atoms with van der Waals surface area (Å²) in [6.07, 6.45) is 3.86. The Kier molecular flexibility index (Phi) is 5.38. The van der Waals surface area contributed by atoms with E-state index in [0.29, 0.717) is 35.3 Å². The van der Waals surface area contributed by atoms with Gasteiger partial charge in [0.25, 0.3) is 5.91 Å². The van der Waals surface area contributed by atoms with E-state index in [9.17, 15) is 9.59 Å². The summed E-state index contributed by atoms with van der Waals surface area (Å²) in [5, 5.41) is 3.10. The van der Waals surface area contributed by atoms with E-state index >= 15 is 0 Å². The number of aromatic nitrogens is 3. The highest BCUT2D eigenvalue weighted by atomic mass is 16.5. The molecule has 8 heteroatoms. The summed E-state index contributed by atoms with van der Waals surface area (Å²) >= 11 is 0. The van der Waals surface area contributed by atoms with Crippen LogP contribution in [0.3, 0.4) is 0 Å². The highest BCUT2D eigenvalue weighted by molar-refractivity contribution is 5.92. The highest BCUT2D eigenvalue weighted by Crippen LogP contribution is 2.25. The number of pyridine rings is 1. The van der Waals surface area contributed by atoms with Gasteiger partial charge >= 0.3 is 0 Å². The number of anilines is 1. The minimum Gasteiger partial charge on any atom is -0.439 e. The molecule has 0 spiro atoms. The van der Waals surface area contributed by atoms with Crippen LogP contribution in [0.25, 0.3) is 11.4 Å². The van der Waals surface area contributed by atoms with Crippen LogP contribution in [0.4, 0.5) is 5.82 Å². The highest BCUT2D eigenvalue weighted by Gasteiger charge is 2.25. The van der Waals surface area contributed by atoms with Crippen LogP contribution in [0.5, 0.6) is 11.6 Å². The third kappa shape index (κ3) is 4.43. The Morgan fingerprint density at radius 1 is 1.17 bits per heavy atom. The molecule has 0 saturated heterocycles. The second kappa shape index (κ2) is 8.28. The van der Waals surface area contributed by atoms with Gasteiger partial charge in [-0.1, -0.05) is 6.07 Å². The molecule has 1 aliphatic carbocycles. The summed E-state index contributed by atoms with van der Waals surface area (Å²) in [7, 11) is 0. The fourth-order valence-corrected chi connectivity index (χ4v) is 3.23. The summed E-state index contributed by atoms with van der Waals surface area (Å²) in [4.78, 5) is 36.6. The van der Waals surface area contributed by atoms with Gasteiger partial charge < -0.3 is 15.8 Å². The van der Waals surface area contributed by atoms with E-state index in [1.165, 1.54) is 6.07 Å². The predicted octanol–water partition coefficient (Wildman–Crippen LogP) is 3.27. The van der Waals surface area contributed by atoms with E-state index in [2.05, 4.69) is 20.3 Å². The maximum Gasteiger partial charge on any atom is 0.267 e. The molecule has 1 amide bonds. The number of amides is 1. The molecule has 1 fully saturated rings. The molecule has 2 heterocycles. The van der Waals surface area contributed by atoms with Crippen molar-refractivity contribution in [2.75, 3.05) is 5.32 Å². The molecular weight excluding hydrogens is 382 g/mol. The molecule has 4 rings (SSSR count). The van der Waals surface area contributed by atoms with Gasteiger partial charge in [0.2, 0.25) is 5.88 Å². The monoisotopic (exact) mass is 403 g/mol. The van der Waals surface area contributed by atoms with Gasteiger partial charge in [0.1, 0.15) is 17.3 Å². The Balaban J connectivity index is 1.58. The quantitative estimate of drug-likeness (QED) is 0.648. The van der Waals surface area contributed by atoms with Gasteiger partial charge in [0, 0.05) is 30.3 Å². The summed E-state index contributed by atoms with van der Waals surface area (Å²) < 4.78 is 5.73. The van der Waals surface area contributed by atoms with E-state index in [1.807, 2.05) is 13.0 Å². The molecular formula is C22H21N5O3. The van der Waals surface area contributed by atoms with Crippen LogP contribution in [-0.4, -0.2) is 32.7 Å². The molecule has 30 heavy (non-hydrogen) atoms. The van der Waals surface area contributed by atoms with Crippen molar-refractivity contribution in [1.82, 2.24) is 15.0 Å². The van der Waals surface area contributed by atoms with Crippen LogP contribution in [-0.2, 0) is 4.79 Å². The normalized spacial score (nSPS) is 15.8. The average molecular weight is 403 g/mol. The van der Waals surface area contributed by atoms with Crippen LogP contribution < -0.4 is 15.8 Å². The van der Waals surface area contributed by atoms with E-state index < -0.39 is 5.91 Å². The standard InChI is InChI=1S/C22H21N5O3/c1-13-5-10-20(24-12-13)30-15-8-6-14(7-9-15)22-26-17(21(23)29)11-19(27-22)25-16-3-2-4-18(16)28/h5-12,16H,2-4H2,1H3,(H2,23,29)(H,25,26,27)/t16-/m0/s1. The second-order valence-electron chi connectivity index (χ2n) is 7.18. The van der Waals surface area contributed by atoms with Crippen molar-refractivity contribution in [2.24, 2.45) is 5.73 Å². The Labute approximate surface area is 173 Å². The number of hydrogen-bond donors (Lipinski definition) is 2. The van der Waals surface area contributed by atoms with Crippen LogP contribution >= 0.6 is 0 Å². The number of carbonyl (C=O) groups excluding carboxylic acids is 2. The van der Waals surface area contributed by atoms with Gasteiger partial charge in [-0.25, -0.2) is 15.0 Å². The van der Waals surface area contributed by atoms with Crippen LogP contribution in [0.2, 0.25) is 0 Å². The van der Waals surface area contributed by atoms with Crippen molar-refractivity contribution in [3.63, 3.8) is 0 Å². The first-order valence-electron chi connectivity index (χ1n) is 9.67. The second-order valence-corrected chi connectivity index (χ2v) is 7.18. The molecule has 1 aromatic carbocycles. The maximum atomic E-state index is 11.9. The molecule has 3 aromatic rings. The first-order valence-corrected chi connectivity index (χ1v) is 9.67. The van der Waals surface area contributed by atoms with Gasteiger partial charge in [-0.2, -0.15) is 0 Å². The van der Waals surface area contributed by atoms with E-state index in [0.717, 1.165) is 18.4 Å². The molecule has 1 aliphatic rings. The number of primary amides is 1. The number of nitrogens with two attached hydrogens (primary N) is 1. The maximum absolute atomic E-state index is 11.9. The molecule has 2 aromatic heterocycles. The van der Waals surface area contributed by atoms with Crippen molar-refractivity contribution in [3.05, 3.63) is 59.9 Å². The van der Waals surface area contributed by atoms with Crippen molar-refractivity contribution >= 4 is 17.5 Å². The minimum atomic E-state index is -0.662. The fourth-order valence-electron chi connectivity index (χ4n) is 3.23. The van der Waals surface area contributed by atoms with E-state index in [1.54, 1.807) is 36.5 Å². The smallest absolute Gasteiger partial charge is 0.267 e. The fraction of sp³-hybridized carbons (Fsp3) is 0.227. The van der Waals surface area contributed by atoms with E-state index in [-0.39, 0.29) is 17.5 Å². The molecule has 0 bridgehead atoms. The van der Waals surface area contributed by atoms with Gasteiger partial charge in [-0.05, 0) is 49.6 Å². The van der Waals surface area contributed by atoms with Crippen LogP contribution in [0.1, 0.15) is 35.3 Å². The van der Waals surface area contributed by atoms with Crippen molar-refractivity contribution < 1.29 is 14.3 Å². The summed E-state index contributed by atoms with van der Waals surface area (Å²) in [5.74, 6) is 1.31. The van der Waals surface area contributed by atoms with Gasteiger partial charge in [0.15, 0.2) is 11.6 Å². The number of aryl methyl sites for hydroxylation is 1. The lowest BCUT2D eigenvalue weighted by Gasteiger charge is -2.13. The first-order chi connectivity index (χ1) is 14.5. The number of rotatable bonds is 6. The summed E-state index contributed by atoms with van der Waals surface area (Å²) in [6, 6.07) is 12.0. The lowest BCUT2D eigenvalue weighted by atomic mass is 10.2. The van der Waals surface area contributed by atoms with Crippen LogP contribution in [0, 0.1) is 6.92 Å². The zero-order valence-electron chi connectivity index (χ0n) is 16.5. The lowest BCUT2D eigenvalue weighted by molar-refractivity contribution is -0.118. The predicted molar refractivity (Wildman–Crippen MR) is 111 cm³/mol. The van der Waals surface area contributed by atoms with Crippen molar-refractivity contribution in [1.29, 1.82) is 0 Å².